The van der Waals surface area contributed by atoms with Crippen LogP contribution < -0.4 is 0 Å². The molecular formula is C4H5N3O3S. The first-order valence-electron chi connectivity index (χ1n) is 2.62. The van der Waals surface area contributed by atoms with Crippen molar-refractivity contribution in [3.63, 3.8) is 0 Å². The van der Waals surface area contributed by atoms with Crippen LogP contribution in [0.15, 0.2) is 6.20 Å². The van der Waals surface area contributed by atoms with E-state index in [4.69, 9.17) is 0 Å². The molecule has 1 rings (SSSR count). The number of aromatic nitrogens is 3. The molecule has 1 heterocycles. The molecule has 60 valence electrons. The molecule has 0 aliphatic rings. The Balaban J connectivity index is 3.18. The summed E-state index contributed by atoms with van der Waals surface area (Å²) in [4.78, 5) is 10.0. The van der Waals surface area contributed by atoms with Crippen LogP contribution in [0.5, 0.6) is 0 Å². The third-order valence-corrected chi connectivity index (χ3v) is 1.81. The maximum Gasteiger partial charge on any atom is 0.252 e. The lowest BCUT2D eigenvalue weighted by molar-refractivity contribution is 0.111. The largest absolute Gasteiger partial charge is 0.296 e. The van der Waals surface area contributed by atoms with Gasteiger partial charge < -0.3 is 0 Å². The summed E-state index contributed by atoms with van der Waals surface area (Å²) >= 11 is 0. The van der Waals surface area contributed by atoms with Gasteiger partial charge in [0, 0.05) is 0 Å². The predicted molar refractivity (Wildman–Crippen MR) is 35.7 cm³/mol. The molecule has 7 heteroatoms. The van der Waals surface area contributed by atoms with Gasteiger partial charge >= 0.3 is 0 Å². The third-order valence-electron chi connectivity index (χ3n) is 0.952. The molecule has 1 aromatic rings. The first kappa shape index (κ1) is 7.86. The minimum atomic E-state index is -3.41. The van der Waals surface area contributed by atoms with E-state index in [1.165, 1.54) is 0 Å². The molecule has 1 aromatic heterocycles. The molecule has 0 aliphatic carbocycles. The van der Waals surface area contributed by atoms with Crippen LogP contribution in [-0.2, 0) is 10.0 Å². The van der Waals surface area contributed by atoms with Crippen molar-refractivity contribution in [3.05, 3.63) is 11.9 Å². The zero-order chi connectivity index (χ0) is 8.48. The summed E-state index contributed by atoms with van der Waals surface area (Å²) in [7, 11) is -3.41. The van der Waals surface area contributed by atoms with Gasteiger partial charge in [-0.05, 0) is 0 Å². The minimum absolute atomic E-state index is 0.00424. The van der Waals surface area contributed by atoms with Gasteiger partial charge in [-0.2, -0.15) is 0 Å². The van der Waals surface area contributed by atoms with Gasteiger partial charge in [0.05, 0.1) is 12.5 Å². The second-order valence-corrected chi connectivity index (χ2v) is 3.74. The lowest BCUT2D eigenvalue weighted by atomic mass is 10.6. The zero-order valence-electron chi connectivity index (χ0n) is 5.63. The molecule has 0 radical (unpaired) electrons. The quantitative estimate of drug-likeness (QED) is 0.533. The molecular weight excluding hydrogens is 170 g/mol. The Kier molecular flexibility index (Phi) is 1.73. The summed E-state index contributed by atoms with van der Waals surface area (Å²) in [6, 6.07) is 0. The molecule has 0 aromatic carbocycles. The molecule has 0 fully saturated rings. The molecule has 0 atom stereocenters. The fourth-order valence-electron chi connectivity index (χ4n) is 0.477. The van der Waals surface area contributed by atoms with E-state index in [-0.39, 0.29) is 5.69 Å². The van der Waals surface area contributed by atoms with Crippen LogP contribution in [0.25, 0.3) is 0 Å². The average molecular weight is 175 g/mol. The minimum Gasteiger partial charge on any atom is -0.296 e. The van der Waals surface area contributed by atoms with E-state index in [0.717, 1.165) is 12.5 Å². The highest BCUT2D eigenvalue weighted by Crippen LogP contribution is 1.91. The highest BCUT2D eigenvalue weighted by Gasteiger charge is 2.07. The van der Waals surface area contributed by atoms with Gasteiger partial charge in [-0.1, -0.05) is 5.21 Å². The van der Waals surface area contributed by atoms with Crippen LogP contribution in [0, 0.1) is 0 Å². The van der Waals surface area contributed by atoms with Crippen LogP contribution >= 0.6 is 0 Å². The average Bonchev–Trinajstić information content (AvgIpc) is 2.32. The van der Waals surface area contributed by atoms with E-state index >= 15 is 0 Å². The van der Waals surface area contributed by atoms with Crippen LogP contribution in [-0.4, -0.2) is 35.4 Å². The van der Waals surface area contributed by atoms with Gasteiger partial charge in [0.1, 0.15) is 5.69 Å². The summed E-state index contributed by atoms with van der Waals surface area (Å²) in [5, 5.41) is 6.47. The fraction of sp³-hybridized carbons (Fsp3) is 0.250. The summed E-state index contributed by atoms with van der Waals surface area (Å²) in [5.74, 6) is 0. The van der Waals surface area contributed by atoms with Gasteiger partial charge in [-0.3, -0.25) is 4.79 Å². The molecule has 0 N–H and O–H groups in total. The van der Waals surface area contributed by atoms with Gasteiger partial charge in [0.2, 0.25) is 0 Å². The van der Waals surface area contributed by atoms with Crippen molar-refractivity contribution in [2.24, 2.45) is 0 Å². The summed E-state index contributed by atoms with van der Waals surface area (Å²) < 4.78 is 22.0. The van der Waals surface area contributed by atoms with Crippen molar-refractivity contribution in [1.29, 1.82) is 0 Å². The molecule has 6 nitrogen and oxygen atoms in total. The lowest BCUT2D eigenvalue weighted by Gasteiger charge is -1.90. The molecule has 0 spiro atoms. The summed E-state index contributed by atoms with van der Waals surface area (Å²) in [5.41, 5.74) is -0.00424. The fourth-order valence-corrected chi connectivity index (χ4v) is 0.945. The predicted octanol–water partition coefficient (Wildman–Crippen LogP) is -1.10. The molecule has 0 saturated heterocycles. The third kappa shape index (κ3) is 1.61. The van der Waals surface area contributed by atoms with E-state index in [1.807, 2.05) is 0 Å². The van der Waals surface area contributed by atoms with E-state index in [2.05, 4.69) is 10.3 Å². The smallest absolute Gasteiger partial charge is 0.252 e. The number of hydrogen-bond donors (Lipinski definition) is 0. The molecule has 0 saturated carbocycles. The topological polar surface area (TPSA) is 81.9 Å². The van der Waals surface area contributed by atoms with E-state index in [9.17, 15) is 13.2 Å². The molecule has 11 heavy (non-hydrogen) atoms. The standard InChI is InChI=1S/C4H5N3O3S/c1-11(9,10)7-2-4(3-8)5-6-7/h2-3H,1H3. The molecule has 0 aliphatic heterocycles. The number of rotatable bonds is 2. The van der Waals surface area contributed by atoms with Crippen molar-refractivity contribution in [1.82, 2.24) is 14.4 Å². The second-order valence-electron chi connectivity index (χ2n) is 1.90. The van der Waals surface area contributed by atoms with Gasteiger partial charge in [0.15, 0.2) is 6.29 Å². The van der Waals surface area contributed by atoms with Crippen LogP contribution in [0.2, 0.25) is 0 Å². The van der Waals surface area contributed by atoms with Crippen molar-refractivity contribution >= 4 is 16.3 Å². The Hall–Kier alpha value is -1.24. The maximum atomic E-state index is 10.7. The Morgan fingerprint density at radius 3 is 2.55 bits per heavy atom. The summed E-state index contributed by atoms with van der Waals surface area (Å²) in [6.45, 7) is 0. The Bertz CT molecular complexity index is 366. The SMILES string of the molecule is CS(=O)(=O)n1cc(C=O)nn1. The number of carbonyl (C=O) groups is 1. The number of nitrogens with zero attached hydrogens (tertiary/aromatic N) is 3. The Labute approximate surface area is 62.9 Å². The summed E-state index contributed by atoms with van der Waals surface area (Å²) in [6.07, 6.45) is 2.44. The lowest BCUT2D eigenvalue weighted by Crippen LogP contribution is -2.10. The van der Waals surface area contributed by atoms with Crippen molar-refractivity contribution in [3.8, 4) is 0 Å². The zero-order valence-corrected chi connectivity index (χ0v) is 6.45. The highest BCUT2D eigenvalue weighted by atomic mass is 32.2. The van der Waals surface area contributed by atoms with Crippen LogP contribution in [0.1, 0.15) is 10.5 Å². The molecule has 0 amide bonds. The monoisotopic (exact) mass is 175 g/mol. The van der Waals surface area contributed by atoms with Crippen molar-refractivity contribution < 1.29 is 13.2 Å². The van der Waals surface area contributed by atoms with E-state index in [0.29, 0.717) is 10.4 Å². The normalized spacial score (nSPS) is 11.4. The van der Waals surface area contributed by atoms with Crippen LogP contribution in [0.4, 0.5) is 0 Å². The second kappa shape index (κ2) is 2.42. The van der Waals surface area contributed by atoms with E-state index in [1.54, 1.807) is 0 Å². The van der Waals surface area contributed by atoms with Crippen molar-refractivity contribution in [2.75, 3.05) is 6.26 Å². The van der Waals surface area contributed by atoms with Crippen LogP contribution in [0.3, 0.4) is 0 Å². The van der Waals surface area contributed by atoms with Crippen molar-refractivity contribution in [2.45, 2.75) is 0 Å². The molecule has 0 unspecified atom stereocenters. The molecule has 0 bridgehead atoms. The number of carbonyl (C=O) groups excluding carboxylic acids is 1. The van der Waals surface area contributed by atoms with Gasteiger partial charge in [-0.15, -0.1) is 9.19 Å². The van der Waals surface area contributed by atoms with E-state index < -0.39 is 10.0 Å². The Morgan fingerprint density at radius 2 is 2.27 bits per heavy atom. The highest BCUT2D eigenvalue weighted by molar-refractivity contribution is 7.89. The maximum absolute atomic E-state index is 10.7. The first-order valence-corrected chi connectivity index (χ1v) is 4.47. The number of aldehydes is 1. The van der Waals surface area contributed by atoms with Gasteiger partial charge in [0.25, 0.3) is 10.0 Å². The first-order chi connectivity index (χ1) is 5.04. The number of hydrogen-bond acceptors (Lipinski definition) is 5. The Morgan fingerprint density at radius 1 is 1.64 bits per heavy atom. The van der Waals surface area contributed by atoms with Gasteiger partial charge in [-0.25, -0.2) is 8.42 Å².